The molecule has 1 aliphatic heterocycles. The van der Waals surface area contributed by atoms with Crippen LogP contribution in [0.25, 0.3) is 0 Å². The van der Waals surface area contributed by atoms with E-state index in [0.29, 0.717) is 5.56 Å². The number of benzene rings is 1. The van der Waals surface area contributed by atoms with Gasteiger partial charge in [0.05, 0.1) is 5.56 Å². The SMILES string of the molecule is O=C(O)c1cccc2c1CCN(CCc1ccsc1)C2. The summed E-state index contributed by atoms with van der Waals surface area (Å²) in [6.45, 7) is 2.84. The highest BCUT2D eigenvalue weighted by molar-refractivity contribution is 7.07. The summed E-state index contributed by atoms with van der Waals surface area (Å²) in [5.41, 5.74) is 4.05. The zero-order valence-electron chi connectivity index (χ0n) is 11.2. The number of aromatic carboxylic acids is 1. The molecule has 2 heterocycles. The van der Waals surface area contributed by atoms with Crippen LogP contribution in [0.3, 0.4) is 0 Å². The summed E-state index contributed by atoms with van der Waals surface area (Å²) in [6, 6.07) is 7.79. The van der Waals surface area contributed by atoms with Crippen LogP contribution in [0.2, 0.25) is 0 Å². The van der Waals surface area contributed by atoms with Crippen molar-refractivity contribution < 1.29 is 9.90 Å². The number of carbonyl (C=O) groups is 1. The number of hydrogen-bond acceptors (Lipinski definition) is 3. The first kappa shape index (κ1) is 13.3. The third kappa shape index (κ3) is 2.76. The summed E-state index contributed by atoms with van der Waals surface area (Å²) in [7, 11) is 0. The van der Waals surface area contributed by atoms with Gasteiger partial charge in [0.25, 0.3) is 0 Å². The standard InChI is InChI=1S/C16H17NO2S/c18-16(19)15-3-1-2-13-10-17(8-5-14(13)15)7-4-12-6-9-20-11-12/h1-3,6,9,11H,4-5,7-8,10H2,(H,18,19). The summed E-state index contributed by atoms with van der Waals surface area (Å²) >= 11 is 1.74. The Hall–Kier alpha value is -1.65. The molecule has 0 aliphatic carbocycles. The molecule has 0 fully saturated rings. The molecule has 0 amide bonds. The molecule has 4 heteroatoms. The van der Waals surface area contributed by atoms with E-state index >= 15 is 0 Å². The molecule has 1 N–H and O–H groups in total. The van der Waals surface area contributed by atoms with Crippen LogP contribution in [0.1, 0.15) is 27.0 Å². The van der Waals surface area contributed by atoms with Gasteiger partial charge in [-0.05, 0) is 52.4 Å². The molecule has 1 aliphatic rings. The van der Waals surface area contributed by atoms with Crippen LogP contribution in [0.15, 0.2) is 35.0 Å². The normalized spacial score (nSPS) is 15.0. The molecular weight excluding hydrogens is 270 g/mol. The second-order valence-corrected chi connectivity index (χ2v) is 5.94. The van der Waals surface area contributed by atoms with Crippen molar-refractivity contribution in [3.8, 4) is 0 Å². The number of fused-ring (bicyclic) bond motifs is 1. The van der Waals surface area contributed by atoms with E-state index in [9.17, 15) is 9.90 Å². The Morgan fingerprint density at radius 2 is 2.25 bits per heavy atom. The first-order valence-corrected chi connectivity index (χ1v) is 7.76. The van der Waals surface area contributed by atoms with E-state index in [1.165, 1.54) is 11.1 Å². The summed E-state index contributed by atoms with van der Waals surface area (Å²) in [6.07, 6.45) is 1.90. The van der Waals surface area contributed by atoms with Gasteiger partial charge in [0.1, 0.15) is 0 Å². The monoisotopic (exact) mass is 287 g/mol. The minimum absolute atomic E-state index is 0.472. The number of carboxylic acid groups (broad SMARTS) is 1. The van der Waals surface area contributed by atoms with E-state index in [0.717, 1.165) is 38.0 Å². The fourth-order valence-corrected chi connectivity index (χ4v) is 3.48. The van der Waals surface area contributed by atoms with Crippen molar-refractivity contribution in [2.75, 3.05) is 13.1 Å². The van der Waals surface area contributed by atoms with E-state index in [1.54, 1.807) is 17.4 Å². The molecule has 0 bridgehead atoms. The third-order valence-electron chi connectivity index (χ3n) is 3.87. The van der Waals surface area contributed by atoms with Crippen molar-refractivity contribution in [2.24, 2.45) is 0 Å². The van der Waals surface area contributed by atoms with Gasteiger partial charge in [-0.2, -0.15) is 11.3 Å². The smallest absolute Gasteiger partial charge is 0.335 e. The van der Waals surface area contributed by atoms with Gasteiger partial charge in [-0.15, -0.1) is 0 Å². The zero-order chi connectivity index (χ0) is 13.9. The van der Waals surface area contributed by atoms with Gasteiger partial charge in [0.15, 0.2) is 0 Å². The van der Waals surface area contributed by atoms with E-state index in [-0.39, 0.29) is 0 Å². The average Bonchev–Trinajstić information content (AvgIpc) is 2.97. The van der Waals surface area contributed by atoms with Crippen molar-refractivity contribution in [3.63, 3.8) is 0 Å². The molecule has 2 aromatic rings. The summed E-state index contributed by atoms with van der Waals surface area (Å²) in [5.74, 6) is -0.812. The minimum Gasteiger partial charge on any atom is -0.478 e. The average molecular weight is 287 g/mol. The largest absolute Gasteiger partial charge is 0.478 e. The highest BCUT2D eigenvalue weighted by atomic mass is 32.1. The van der Waals surface area contributed by atoms with E-state index in [2.05, 4.69) is 27.8 Å². The number of nitrogens with zero attached hydrogens (tertiary/aromatic N) is 1. The molecule has 0 radical (unpaired) electrons. The van der Waals surface area contributed by atoms with Crippen LogP contribution in [-0.2, 0) is 19.4 Å². The predicted molar refractivity (Wildman–Crippen MR) is 80.4 cm³/mol. The van der Waals surface area contributed by atoms with E-state index in [1.807, 2.05) is 6.07 Å². The van der Waals surface area contributed by atoms with Crippen molar-refractivity contribution in [3.05, 3.63) is 57.3 Å². The van der Waals surface area contributed by atoms with Gasteiger partial charge in [0, 0.05) is 19.6 Å². The molecule has 0 saturated heterocycles. The van der Waals surface area contributed by atoms with Crippen LogP contribution in [0, 0.1) is 0 Å². The molecule has 104 valence electrons. The molecular formula is C16H17NO2S. The molecule has 20 heavy (non-hydrogen) atoms. The summed E-state index contributed by atoms with van der Waals surface area (Å²) < 4.78 is 0. The minimum atomic E-state index is -0.812. The van der Waals surface area contributed by atoms with Gasteiger partial charge in [-0.1, -0.05) is 12.1 Å². The lowest BCUT2D eigenvalue weighted by atomic mass is 9.94. The van der Waals surface area contributed by atoms with Crippen LogP contribution in [-0.4, -0.2) is 29.1 Å². The first-order chi connectivity index (χ1) is 9.74. The van der Waals surface area contributed by atoms with Gasteiger partial charge < -0.3 is 5.11 Å². The number of rotatable bonds is 4. The van der Waals surface area contributed by atoms with Gasteiger partial charge in [-0.3, -0.25) is 4.90 Å². The van der Waals surface area contributed by atoms with Crippen LogP contribution in [0.4, 0.5) is 0 Å². The first-order valence-electron chi connectivity index (χ1n) is 6.81. The molecule has 3 rings (SSSR count). The maximum Gasteiger partial charge on any atom is 0.335 e. The molecule has 3 nitrogen and oxygen atoms in total. The van der Waals surface area contributed by atoms with Crippen LogP contribution < -0.4 is 0 Å². The number of thiophene rings is 1. The third-order valence-corrected chi connectivity index (χ3v) is 4.60. The Morgan fingerprint density at radius 3 is 3.00 bits per heavy atom. The second-order valence-electron chi connectivity index (χ2n) is 5.16. The Balaban J connectivity index is 1.69. The molecule has 0 atom stereocenters. The Kier molecular flexibility index (Phi) is 3.85. The fraction of sp³-hybridized carbons (Fsp3) is 0.312. The zero-order valence-corrected chi connectivity index (χ0v) is 12.0. The fourth-order valence-electron chi connectivity index (χ4n) is 2.78. The number of hydrogen-bond donors (Lipinski definition) is 1. The molecule has 0 unspecified atom stereocenters. The van der Waals surface area contributed by atoms with Crippen LogP contribution in [0.5, 0.6) is 0 Å². The lowest BCUT2D eigenvalue weighted by Crippen LogP contribution is -2.33. The highest BCUT2D eigenvalue weighted by Crippen LogP contribution is 2.23. The summed E-state index contributed by atoms with van der Waals surface area (Å²) in [5, 5.41) is 13.5. The van der Waals surface area contributed by atoms with E-state index in [4.69, 9.17) is 0 Å². The lowest BCUT2D eigenvalue weighted by molar-refractivity contribution is 0.0694. The topological polar surface area (TPSA) is 40.5 Å². The molecule has 1 aromatic heterocycles. The van der Waals surface area contributed by atoms with Gasteiger partial charge in [0.2, 0.25) is 0 Å². The summed E-state index contributed by atoms with van der Waals surface area (Å²) in [4.78, 5) is 13.6. The molecule has 0 spiro atoms. The maximum absolute atomic E-state index is 11.2. The van der Waals surface area contributed by atoms with Crippen molar-refractivity contribution in [1.29, 1.82) is 0 Å². The molecule has 0 saturated carbocycles. The molecule has 1 aromatic carbocycles. The Labute approximate surface area is 122 Å². The van der Waals surface area contributed by atoms with Gasteiger partial charge in [-0.25, -0.2) is 4.79 Å². The van der Waals surface area contributed by atoms with Crippen molar-refractivity contribution in [1.82, 2.24) is 4.90 Å². The highest BCUT2D eigenvalue weighted by Gasteiger charge is 2.20. The van der Waals surface area contributed by atoms with Gasteiger partial charge >= 0.3 is 5.97 Å². The quantitative estimate of drug-likeness (QED) is 0.939. The van der Waals surface area contributed by atoms with Crippen LogP contribution >= 0.6 is 11.3 Å². The Bertz CT molecular complexity index is 607. The Morgan fingerprint density at radius 1 is 1.35 bits per heavy atom. The van der Waals surface area contributed by atoms with Crippen molar-refractivity contribution in [2.45, 2.75) is 19.4 Å². The number of carboxylic acids is 1. The predicted octanol–water partition coefficient (Wildman–Crippen LogP) is 3.05. The van der Waals surface area contributed by atoms with Crippen molar-refractivity contribution >= 4 is 17.3 Å². The van der Waals surface area contributed by atoms with E-state index < -0.39 is 5.97 Å². The second kappa shape index (κ2) is 5.77. The lowest BCUT2D eigenvalue weighted by Gasteiger charge is -2.29. The maximum atomic E-state index is 11.2.